The Balaban J connectivity index is 1.81. The number of hydrogen-bond donors (Lipinski definition) is 1. The topological polar surface area (TPSA) is 90.7 Å². The maximum atomic E-state index is 12.8. The fourth-order valence-corrected chi connectivity index (χ4v) is 3.00. The van der Waals surface area contributed by atoms with Gasteiger partial charge in [0.25, 0.3) is 11.6 Å². The largest absolute Gasteiger partial charge is 0.493 e. The number of hydrogen-bond acceptors (Lipinski definition) is 5. The van der Waals surface area contributed by atoms with E-state index in [1.165, 1.54) is 12.1 Å². The van der Waals surface area contributed by atoms with Crippen LogP contribution in [0.1, 0.15) is 28.4 Å². The molecule has 0 aliphatic rings. The van der Waals surface area contributed by atoms with Gasteiger partial charge in [0.2, 0.25) is 0 Å². The van der Waals surface area contributed by atoms with Crippen molar-refractivity contribution in [2.45, 2.75) is 20.5 Å². The Morgan fingerprint density at radius 2 is 1.81 bits per heavy atom. The Bertz CT molecular complexity index is 1100. The Hall–Kier alpha value is -3.58. The van der Waals surface area contributed by atoms with Gasteiger partial charge >= 0.3 is 0 Å². The second-order valence-corrected chi connectivity index (χ2v) is 7.15. The molecule has 3 aromatic rings. The van der Waals surface area contributed by atoms with Crippen LogP contribution in [0, 0.1) is 17.0 Å². The van der Waals surface area contributed by atoms with Crippen molar-refractivity contribution < 1.29 is 19.2 Å². The van der Waals surface area contributed by atoms with Gasteiger partial charge in [-0.3, -0.25) is 14.9 Å². The number of aryl methyl sites for hydroxylation is 1. The van der Waals surface area contributed by atoms with E-state index >= 15 is 0 Å². The molecule has 0 aromatic heterocycles. The second kappa shape index (κ2) is 9.95. The number of nitrogens with zero attached hydrogens (tertiary/aromatic N) is 1. The van der Waals surface area contributed by atoms with Crippen molar-refractivity contribution in [1.82, 2.24) is 0 Å². The van der Waals surface area contributed by atoms with E-state index < -0.39 is 4.92 Å². The van der Waals surface area contributed by atoms with Crippen LogP contribution in [0.3, 0.4) is 0 Å². The molecule has 160 valence electrons. The third-order valence-corrected chi connectivity index (χ3v) is 4.76. The number of benzene rings is 3. The van der Waals surface area contributed by atoms with Crippen molar-refractivity contribution in [3.8, 4) is 11.5 Å². The van der Waals surface area contributed by atoms with Gasteiger partial charge in [-0.15, -0.1) is 0 Å². The van der Waals surface area contributed by atoms with E-state index in [9.17, 15) is 14.9 Å². The maximum absolute atomic E-state index is 12.8. The molecule has 1 amide bonds. The van der Waals surface area contributed by atoms with Crippen LogP contribution in [0.4, 0.5) is 11.4 Å². The van der Waals surface area contributed by atoms with Crippen LogP contribution in [0.15, 0.2) is 60.7 Å². The second-order valence-electron chi connectivity index (χ2n) is 6.71. The van der Waals surface area contributed by atoms with Gasteiger partial charge in [-0.25, -0.2) is 0 Å². The molecule has 31 heavy (non-hydrogen) atoms. The average Bonchev–Trinajstić information content (AvgIpc) is 2.75. The van der Waals surface area contributed by atoms with Crippen molar-refractivity contribution in [1.29, 1.82) is 0 Å². The molecule has 1 N–H and O–H groups in total. The highest BCUT2D eigenvalue weighted by molar-refractivity contribution is 6.30. The summed E-state index contributed by atoms with van der Waals surface area (Å²) in [6.07, 6.45) is 0. The van der Waals surface area contributed by atoms with Gasteiger partial charge in [0.05, 0.1) is 17.2 Å². The lowest BCUT2D eigenvalue weighted by Gasteiger charge is -2.14. The maximum Gasteiger partial charge on any atom is 0.271 e. The molecule has 7 nitrogen and oxygen atoms in total. The third kappa shape index (κ3) is 5.73. The van der Waals surface area contributed by atoms with E-state index in [2.05, 4.69) is 5.32 Å². The molecule has 8 heteroatoms. The Kier molecular flexibility index (Phi) is 7.10. The van der Waals surface area contributed by atoms with E-state index in [4.69, 9.17) is 21.1 Å². The highest BCUT2D eigenvalue weighted by Gasteiger charge is 2.15. The summed E-state index contributed by atoms with van der Waals surface area (Å²) in [5.74, 6) is 0.854. The molecule has 3 aromatic carbocycles. The van der Waals surface area contributed by atoms with Gasteiger partial charge in [0.1, 0.15) is 18.1 Å². The molecule has 0 radical (unpaired) electrons. The first-order valence-corrected chi connectivity index (χ1v) is 9.95. The van der Waals surface area contributed by atoms with Crippen molar-refractivity contribution in [2.24, 2.45) is 0 Å². The summed E-state index contributed by atoms with van der Waals surface area (Å²) < 4.78 is 11.5. The summed E-state index contributed by atoms with van der Waals surface area (Å²) in [5, 5.41) is 14.4. The number of non-ortho nitro benzene ring substituents is 1. The molecule has 0 atom stereocenters. The van der Waals surface area contributed by atoms with Gasteiger partial charge < -0.3 is 14.8 Å². The Morgan fingerprint density at radius 1 is 1.06 bits per heavy atom. The first-order chi connectivity index (χ1) is 14.9. The zero-order chi connectivity index (χ0) is 22.4. The van der Waals surface area contributed by atoms with Crippen molar-refractivity contribution in [3.05, 3.63) is 92.5 Å². The highest BCUT2D eigenvalue weighted by atomic mass is 35.5. The SMILES string of the molecule is CCOc1ccc(C(=O)Nc2cc([N+](=O)[O-])ccc2C)cc1COc1ccc(Cl)cc1. The average molecular weight is 441 g/mol. The van der Waals surface area contributed by atoms with Crippen LogP contribution in [0.5, 0.6) is 11.5 Å². The molecule has 0 saturated heterocycles. The monoisotopic (exact) mass is 440 g/mol. The minimum Gasteiger partial charge on any atom is -0.493 e. The minimum atomic E-state index is -0.502. The number of halogens is 1. The number of carbonyl (C=O) groups excluding carboxylic acids is 1. The third-order valence-electron chi connectivity index (χ3n) is 4.51. The summed E-state index contributed by atoms with van der Waals surface area (Å²) in [6, 6.07) is 16.3. The molecule has 0 fully saturated rings. The number of anilines is 1. The lowest BCUT2D eigenvalue weighted by atomic mass is 10.1. The molecular weight excluding hydrogens is 420 g/mol. The Morgan fingerprint density at radius 3 is 2.48 bits per heavy atom. The molecular formula is C23H21ClN2O5. The normalized spacial score (nSPS) is 10.4. The predicted molar refractivity (Wildman–Crippen MR) is 119 cm³/mol. The number of nitro groups is 1. The number of nitrogens with one attached hydrogen (secondary N) is 1. The smallest absolute Gasteiger partial charge is 0.271 e. The van der Waals surface area contributed by atoms with Crippen molar-refractivity contribution in [2.75, 3.05) is 11.9 Å². The van der Waals surface area contributed by atoms with Crippen molar-refractivity contribution >= 4 is 28.9 Å². The van der Waals surface area contributed by atoms with Crippen molar-refractivity contribution in [3.63, 3.8) is 0 Å². The van der Waals surface area contributed by atoms with E-state index in [-0.39, 0.29) is 18.2 Å². The van der Waals surface area contributed by atoms with E-state index in [0.29, 0.717) is 39.9 Å². The molecule has 0 spiro atoms. The molecule has 0 bridgehead atoms. The summed E-state index contributed by atoms with van der Waals surface area (Å²) in [5.41, 5.74) is 2.08. The van der Waals surface area contributed by atoms with E-state index in [1.807, 2.05) is 6.92 Å². The predicted octanol–water partition coefficient (Wildman–Crippen LogP) is 5.79. The first kappa shape index (κ1) is 22.1. The number of nitro benzene ring substituents is 1. The number of amides is 1. The standard InChI is InChI=1S/C23H21ClN2O5/c1-3-30-22-11-5-16(12-17(22)14-31-20-9-6-18(24)7-10-20)23(27)25-21-13-19(26(28)29)8-4-15(21)2/h4-13H,3,14H2,1-2H3,(H,25,27). The number of ether oxygens (including phenoxy) is 2. The zero-order valence-electron chi connectivity index (χ0n) is 17.1. The highest BCUT2D eigenvalue weighted by Crippen LogP contribution is 2.26. The van der Waals surface area contributed by atoms with Crippen LogP contribution in [0.2, 0.25) is 5.02 Å². The van der Waals surface area contributed by atoms with Crippen LogP contribution >= 0.6 is 11.6 Å². The zero-order valence-corrected chi connectivity index (χ0v) is 17.8. The number of rotatable bonds is 8. The fraction of sp³-hybridized carbons (Fsp3) is 0.174. The summed E-state index contributed by atoms with van der Waals surface area (Å²) in [7, 11) is 0. The summed E-state index contributed by atoms with van der Waals surface area (Å²) >= 11 is 5.90. The van der Waals surface area contributed by atoms with E-state index in [1.54, 1.807) is 55.5 Å². The molecule has 3 rings (SSSR count). The number of carbonyl (C=O) groups is 1. The molecule has 0 saturated carbocycles. The lowest BCUT2D eigenvalue weighted by molar-refractivity contribution is -0.384. The fourth-order valence-electron chi connectivity index (χ4n) is 2.87. The van der Waals surface area contributed by atoms with Crippen LogP contribution < -0.4 is 14.8 Å². The molecule has 0 aliphatic carbocycles. The summed E-state index contributed by atoms with van der Waals surface area (Å²) in [6.45, 7) is 4.29. The van der Waals surface area contributed by atoms with Crippen LogP contribution in [-0.4, -0.2) is 17.4 Å². The van der Waals surface area contributed by atoms with Gasteiger partial charge in [0.15, 0.2) is 0 Å². The molecule has 0 aliphatic heterocycles. The van der Waals surface area contributed by atoms with Gasteiger partial charge in [-0.1, -0.05) is 17.7 Å². The summed E-state index contributed by atoms with van der Waals surface area (Å²) in [4.78, 5) is 23.3. The van der Waals surface area contributed by atoms with Crippen LogP contribution in [-0.2, 0) is 6.61 Å². The first-order valence-electron chi connectivity index (χ1n) is 9.58. The van der Waals surface area contributed by atoms with Gasteiger partial charge in [0, 0.05) is 28.3 Å². The Labute approximate surface area is 184 Å². The van der Waals surface area contributed by atoms with E-state index in [0.717, 1.165) is 5.56 Å². The van der Waals surface area contributed by atoms with Crippen LogP contribution in [0.25, 0.3) is 0 Å². The molecule has 0 heterocycles. The van der Waals surface area contributed by atoms with Gasteiger partial charge in [-0.05, 0) is 61.9 Å². The minimum absolute atomic E-state index is 0.0929. The quantitative estimate of drug-likeness (QED) is 0.353. The lowest BCUT2D eigenvalue weighted by Crippen LogP contribution is -2.14. The van der Waals surface area contributed by atoms with Gasteiger partial charge in [-0.2, -0.15) is 0 Å². The molecule has 0 unspecified atom stereocenters.